The third-order valence-electron chi connectivity index (χ3n) is 4.77. The van der Waals surface area contributed by atoms with E-state index >= 15 is 0 Å². The SMILES string of the molecule is CCCCCC(O)/C=C/C1C=CC(=O)/C1=C/c1cccc(OC(C)C(=O)OC)c1. The summed E-state index contributed by atoms with van der Waals surface area (Å²) >= 11 is 0. The van der Waals surface area contributed by atoms with Crippen LogP contribution in [-0.2, 0) is 14.3 Å². The van der Waals surface area contributed by atoms with E-state index in [4.69, 9.17) is 4.74 Å². The van der Waals surface area contributed by atoms with Gasteiger partial charge in [-0.05, 0) is 43.2 Å². The van der Waals surface area contributed by atoms with Crippen molar-refractivity contribution in [1.82, 2.24) is 0 Å². The van der Waals surface area contributed by atoms with Crippen LogP contribution in [0.3, 0.4) is 0 Å². The van der Waals surface area contributed by atoms with Crippen molar-refractivity contribution in [2.75, 3.05) is 7.11 Å². The molecular weight excluding hydrogens is 368 g/mol. The molecule has 1 aromatic carbocycles. The zero-order chi connectivity index (χ0) is 21.2. The smallest absolute Gasteiger partial charge is 0.346 e. The molecule has 1 N–H and O–H groups in total. The number of hydrogen-bond acceptors (Lipinski definition) is 5. The minimum absolute atomic E-state index is 0.0469. The summed E-state index contributed by atoms with van der Waals surface area (Å²) in [4.78, 5) is 23.8. The van der Waals surface area contributed by atoms with Gasteiger partial charge >= 0.3 is 5.97 Å². The predicted octanol–water partition coefficient (Wildman–Crippen LogP) is 4.26. The molecule has 5 nitrogen and oxygen atoms in total. The van der Waals surface area contributed by atoms with E-state index < -0.39 is 18.2 Å². The van der Waals surface area contributed by atoms with E-state index in [1.165, 1.54) is 7.11 Å². The number of benzene rings is 1. The van der Waals surface area contributed by atoms with Crippen LogP contribution >= 0.6 is 0 Å². The van der Waals surface area contributed by atoms with E-state index in [0.717, 1.165) is 31.2 Å². The average molecular weight is 398 g/mol. The first-order valence-corrected chi connectivity index (χ1v) is 10.1. The minimum Gasteiger partial charge on any atom is -0.479 e. The summed E-state index contributed by atoms with van der Waals surface area (Å²) in [6.07, 6.45) is 11.6. The van der Waals surface area contributed by atoms with Gasteiger partial charge in [-0.2, -0.15) is 0 Å². The highest BCUT2D eigenvalue weighted by atomic mass is 16.6. The molecule has 0 spiro atoms. The number of aliphatic hydroxyl groups is 1. The third kappa shape index (κ3) is 7.02. The molecule has 0 fully saturated rings. The van der Waals surface area contributed by atoms with Crippen molar-refractivity contribution in [3.05, 3.63) is 59.7 Å². The fourth-order valence-electron chi connectivity index (χ4n) is 3.11. The number of carbonyl (C=O) groups excluding carboxylic acids is 2. The Bertz CT molecular complexity index is 790. The second-order valence-corrected chi connectivity index (χ2v) is 7.15. The molecule has 1 aliphatic carbocycles. The fourth-order valence-corrected chi connectivity index (χ4v) is 3.11. The van der Waals surface area contributed by atoms with Gasteiger partial charge in [-0.3, -0.25) is 4.79 Å². The molecule has 3 atom stereocenters. The molecule has 1 aliphatic rings. The van der Waals surface area contributed by atoms with E-state index in [-0.39, 0.29) is 11.7 Å². The summed E-state index contributed by atoms with van der Waals surface area (Å²) < 4.78 is 10.3. The number of carbonyl (C=O) groups is 2. The van der Waals surface area contributed by atoms with Gasteiger partial charge in [-0.1, -0.05) is 56.5 Å². The molecule has 156 valence electrons. The standard InChI is InChI=1S/C24H30O5/c1-4-5-6-9-20(25)13-11-19-12-14-23(26)22(19)16-18-8-7-10-21(15-18)29-17(2)24(27)28-3/h7-8,10-17,19-20,25H,4-6,9H2,1-3H3/b13-11+,22-16+. The number of esters is 1. The highest BCUT2D eigenvalue weighted by Crippen LogP contribution is 2.27. The molecule has 2 rings (SSSR count). The van der Waals surface area contributed by atoms with Crippen LogP contribution in [0.15, 0.2) is 54.1 Å². The maximum Gasteiger partial charge on any atom is 0.346 e. The lowest BCUT2D eigenvalue weighted by Gasteiger charge is -2.13. The lowest BCUT2D eigenvalue weighted by molar-refractivity contribution is -0.147. The topological polar surface area (TPSA) is 72.8 Å². The molecular formula is C24H30O5. The molecule has 0 radical (unpaired) electrons. The number of allylic oxidation sites excluding steroid dienone is 4. The Labute approximate surface area is 172 Å². The average Bonchev–Trinajstić information content (AvgIpc) is 3.05. The summed E-state index contributed by atoms with van der Waals surface area (Å²) in [5.74, 6) is -0.142. The summed E-state index contributed by atoms with van der Waals surface area (Å²) in [6.45, 7) is 3.75. The highest BCUT2D eigenvalue weighted by Gasteiger charge is 2.21. The number of unbranched alkanes of at least 4 members (excludes halogenated alkanes) is 2. The van der Waals surface area contributed by atoms with E-state index in [2.05, 4.69) is 11.7 Å². The van der Waals surface area contributed by atoms with Gasteiger partial charge in [0.25, 0.3) is 0 Å². The van der Waals surface area contributed by atoms with Crippen LogP contribution in [0, 0.1) is 5.92 Å². The van der Waals surface area contributed by atoms with Crippen LogP contribution in [0.5, 0.6) is 5.75 Å². The number of rotatable bonds is 10. The molecule has 0 aliphatic heterocycles. The fraction of sp³-hybridized carbons (Fsp3) is 0.417. The van der Waals surface area contributed by atoms with E-state index in [9.17, 15) is 14.7 Å². The van der Waals surface area contributed by atoms with Crippen LogP contribution in [0.2, 0.25) is 0 Å². The van der Waals surface area contributed by atoms with Gasteiger partial charge in [0, 0.05) is 11.5 Å². The molecule has 29 heavy (non-hydrogen) atoms. The second kappa shape index (κ2) is 11.4. The molecule has 0 saturated carbocycles. The maximum atomic E-state index is 12.3. The Morgan fingerprint density at radius 2 is 2.10 bits per heavy atom. The van der Waals surface area contributed by atoms with Crippen LogP contribution in [-0.4, -0.2) is 36.2 Å². The Morgan fingerprint density at radius 3 is 2.83 bits per heavy atom. The van der Waals surface area contributed by atoms with Crippen molar-refractivity contribution >= 4 is 17.8 Å². The normalized spacial score (nSPS) is 19.7. The van der Waals surface area contributed by atoms with Crippen molar-refractivity contribution in [3.63, 3.8) is 0 Å². The number of aliphatic hydroxyl groups excluding tert-OH is 1. The van der Waals surface area contributed by atoms with Gasteiger partial charge in [-0.15, -0.1) is 0 Å². The second-order valence-electron chi connectivity index (χ2n) is 7.15. The molecule has 5 heteroatoms. The predicted molar refractivity (Wildman–Crippen MR) is 113 cm³/mol. The van der Waals surface area contributed by atoms with E-state index in [0.29, 0.717) is 11.3 Å². The lowest BCUT2D eigenvalue weighted by Crippen LogP contribution is -2.24. The number of ketones is 1. The zero-order valence-electron chi connectivity index (χ0n) is 17.3. The van der Waals surface area contributed by atoms with Gasteiger partial charge in [0.05, 0.1) is 13.2 Å². The number of methoxy groups -OCH3 is 1. The summed E-state index contributed by atoms with van der Waals surface area (Å²) in [5, 5.41) is 10.1. The molecule has 1 aromatic rings. The van der Waals surface area contributed by atoms with Crippen LogP contribution in [0.4, 0.5) is 0 Å². The van der Waals surface area contributed by atoms with E-state index in [1.807, 2.05) is 24.3 Å². The molecule has 0 saturated heterocycles. The van der Waals surface area contributed by atoms with Crippen molar-refractivity contribution in [1.29, 1.82) is 0 Å². The molecule has 0 bridgehead atoms. The van der Waals surface area contributed by atoms with Crippen molar-refractivity contribution in [2.45, 2.75) is 51.7 Å². The van der Waals surface area contributed by atoms with Crippen molar-refractivity contribution < 1.29 is 24.2 Å². The van der Waals surface area contributed by atoms with Crippen molar-refractivity contribution in [3.8, 4) is 5.75 Å². The monoisotopic (exact) mass is 398 g/mol. The number of ether oxygens (including phenoxy) is 2. The molecule has 0 amide bonds. The quantitative estimate of drug-likeness (QED) is 0.276. The largest absolute Gasteiger partial charge is 0.479 e. The first-order valence-electron chi connectivity index (χ1n) is 10.1. The van der Waals surface area contributed by atoms with Crippen LogP contribution in [0.25, 0.3) is 6.08 Å². The Kier molecular flexibility index (Phi) is 8.87. The lowest BCUT2D eigenvalue weighted by atomic mass is 9.97. The molecule has 3 unspecified atom stereocenters. The Morgan fingerprint density at radius 1 is 1.31 bits per heavy atom. The summed E-state index contributed by atoms with van der Waals surface area (Å²) in [6, 6.07) is 7.20. The van der Waals surface area contributed by atoms with Crippen LogP contribution < -0.4 is 4.74 Å². The van der Waals surface area contributed by atoms with Gasteiger partial charge in [-0.25, -0.2) is 4.79 Å². The van der Waals surface area contributed by atoms with E-state index in [1.54, 1.807) is 37.3 Å². The molecule has 0 aromatic heterocycles. The summed E-state index contributed by atoms with van der Waals surface area (Å²) in [5.41, 5.74) is 1.44. The number of hydrogen-bond donors (Lipinski definition) is 1. The first-order chi connectivity index (χ1) is 13.9. The maximum absolute atomic E-state index is 12.3. The van der Waals surface area contributed by atoms with Gasteiger partial charge < -0.3 is 14.6 Å². The zero-order valence-corrected chi connectivity index (χ0v) is 17.3. The summed E-state index contributed by atoms with van der Waals surface area (Å²) in [7, 11) is 1.32. The highest BCUT2D eigenvalue weighted by molar-refractivity contribution is 6.10. The molecule has 0 heterocycles. The first kappa shape index (κ1) is 22.6. The Hall–Kier alpha value is -2.66. The van der Waals surface area contributed by atoms with Gasteiger partial charge in [0.1, 0.15) is 5.75 Å². The van der Waals surface area contributed by atoms with Crippen LogP contribution in [0.1, 0.15) is 45.1 Å². The van der Waals surface area contributed by atoms with Gasteiger partial charge in [0.2, 0.25) is 0 Å². The third-order valence-corrected chi connectivity index (χ3v) is 4.77. The minimum atomic E-state index is -0.720. The van der Waals surface area contributed by atoms with Crippen molar-refractivity contribution in [2.24, 2.45) is 5.92 Å². The Balaban J connectivity index is 2.09. The van der Waals surface area contributed by atoms with Gasteiger partial charge in [0.15, 0.2) is 11.9 Å².